The zero-order valence-electron chi connectivity index (χ0n) is 20.9. The lowest BCUT2D eigenvalue weighted by Gasteiger charge is -2.36. The number of likely N-dealkylation sites (N-methyl/N-ethyl adjacent to an activating group) is 1. The number of hydrogen-bond acceptors (Lipinski definition) is 7. The highest BCUT2D eigenvalue weighted by atomic mass is 16.5. The molecule has 1 aliphatic heterocycles. The summed E-state index contributed by atoms with van der Waals surface area (Å²) in [7, 11) is 3.46. The standard InChI is InChI=1S/C26H35N5O4/c1-17-12-31(13-19-10-27-16-28-11-19)18(2)15-35-23-8-7-21(29-25(32)20-5-6-20)9-22(23)26(33)30(3)14-24(17)34-4/h7-11,16-18,20,24H,5-6,12-15H2,1-4H3,(H,29,32)/t17-,18+,24-/m1/s1. The largest absolute Gasteiger partial charge is 0.491 e. The van der Waals surface area contributed by atoms with E-state index in [2.05, 4.69) is 34.0 Å². The fourth-order valence-electron chi connectivity index (χ4n) is 4.39. The Hall–Kier alpha value is -3.04. The summed E-state index contributed by atoms with van der Waals surface area (Å²) in [5.41, 5.74) is 2.06. The van der Waals surface area contributed by atoms with Crippen LogP contribution in [-0.4, -0.2) is 77.6 Å². The number of aromatic nitrogens is 2. The summed E-state index contributed by atoms with van der Waals surface area (Å²) in [6.45, 7) is 6.53. The molecule has 1 N–H and O–H groups in total. The van der Waals surface area contributed by atoms with Crippen LogP contribution in [0.15, 0.2) is 36.9 Å². The van der Waals surface area contributed by atoms with E-state index in [1.807, 2.05) is 12.4 Å². The number of carbonyl (C=O) groups is 2. The lowest BCUT2D eigenvalue weighted by molar-refractivity contribution is -0.117. The number of benzene rings is 1. The van der Waals surface area contributed by atoms with Crippen molar-refractivity contribution in [2.45, 2.75) is 45.4 Å². The third kappa shape index (κ3) is 6.35. The maximum Gasteiger partial charge on any atom is 0.257 e. The summed E-state index contributed by atoms with van der Waals surface area (Å²) in [6, 6.07) is 5.34. The van der Waals surface area contributed by atoms with E-state index in [1.165, 1.54) is 6.33 Å². The van der Waals surface area contributed by atoms with Crippen molar-refractivity contribution < 1.29 is 19.1 Å². The SMILES string of the molecule is CO[C@@H]1CN(C)C(=O)c2cc(NC(=O)C3CC3)ccc2OC[C@H](C)N(Cc2cncnc2)C[C@H]1C. The zero-order chi connectivity index (χ0) is 24.9. The highest BCUT2D eigenvalue weighted by Crippen LogP contribution is 2.31. The van der Waals surface area contributed by atoms with Gasteiger partial charge >= 0.3 is 0 Å². The Morgan fingerprint density at radius 1 is 1.20 bits per heavy atom. The molecule has 1 aliphatic carbocycles. The van der Waals surface area contributed by atoms with Crippen LogP contribution in [0.2, 0.25) is 0 Å². The number of amides is 2. The van der Waals surface area contributed by atoms with Gasteiger partial charge in [0.2, 0.25) is 5.91 Å². The first-order chi connectivity index (χ1) is 16.9. The van der Waals surface area contributed by atoms with Gasteiger partial charge < -0.3 is 19.7 Å². The molecule has 9 nitrogen and oxygen atoms in total. The second-order valence-corrected chi connectivity index (χ2v) is 9.75. The Kier molecular flexibility index (Phi) is 7.97. The lowest BCUT2D eigenvalue weighted by Crippen LogP contribution is -2.46. The lowest BCUT2D eigenvalue weighted by atomic mass is 10.0. The summed E-state index contributed by atoms with van der Waals surface area (Å²) in [5.74, 6) is 0.580. The zero-order valence-corrected chi connectivity index (χ0v) is 20.9. The first-order valence-electron chi connectivity index (χ1n) is 12.2. The van der Waals surface area contributed by atoms with Gasteiger partial charge in [-0.3, -0.25) is 14.5 Å². The number of fused-ring (bicyclic) bond motifs is 1. The number of hydrogen-bond donors (Lipinski definition) is 1. The van der Waals surface area contributed by atoms with Gasteiger partial charge in [-0.05, 0) is 43.9 Å². The monoisotopic (exact) mass is 481 g/mol. The third-order valence-electron chi connectivity index (χ3n) is 6.79. The van der Waals surface area contributed by atoms with E-state index < -0.39 is 0 Å². The molecule has 35 heavy (non-hydrogen) atoms. The van der Waals surface area contributed by atoms with Crippen molar-refractivity contribution in [1.29, 1.82) is 0 Å². The quantitative estimate of drug-likeness (QED) is 0.701. The van der Waals surface area contributed by atoms with Gasteiger partial charge in [-0.2, -0.15) is 0 Å². The molecule has 3 atom stereocenters. The molecule has 2 amide bonds. The number of nitrogens with zero attached hydrogens (tertiary/aromatic N) is 4. The summed E-state index contributed by atoms with van der Waals surface area (Å²) < 4.78 is 12.0. The molecule has 2 aliphatic rings. The molecule has 4 rings (SSSR count). The number of rotatable bonds is 5. The van der Waals surface area contributed by atoms with Crippen molar-refractivity contribution in [2.24, 2.45) is 11.8 Å². The predicted molar refractivity (Wildman–Crippen MR) is 132 cm³/mol. The van der Waals surface area contributed by atoms with Gasteiger partial charge in [-0.25, -0.2) is 9.97 Å². The Labute approximate surface area is 206 Å². The van der Waals surface area contributed by atoms with Crippen molar-refractivity contribution in [3.63, 3.8) is 0 Å². The highest BCUT2D eigenvalue weighted by molar-refractivity contribution is 6.00. The van der Waals surface area contributed by atoms with E-state index in [-0.39, 0.29) is 35.8 Å². The maximum absolute atomic E-state index is 13.4. The first kappa shape index (κ1) is 25.1. The van der Waals surface area contributed by atoms with Crippen LogP contribution in [0.25, 0.3) is 0 Å². The van der Waals surface area contributed by atoms with E-state index in [1.54, 1.807) is 37.3 Å². The minimum absolute atomic E-state index is 0.00209. The van der Waals surface area contributed by atoms with E-state index in [4.69, 9.17) is 9.47 Å². The van der Waals surface area contributed by atoms with E-state index in [0.29, 0.717) is 36.7 Å². The Morgan fingerprint density at radius 3 is 2.63 bits per heavy atom. The molecule has 188 valence electrons. The van der Waals surface area contributed by atoms with E-state index in [0.717, 1.165) is 24.9 Å². The van der Waals surface area contributed by atoms with Crippen molar-refractivity contribution in [1.82, 2.24) is 19.8 Å². The number of nitrogens with one attached hydrogen (secondary N) is 1. The molecule has 0 bridgehead atoms. The number of methoxy groups -OCH3 is 1. The fourth-order valence-corrected chi connectivity index (χ4v) is 4.39. The minimum atomic E-state index is -0.164. The van der Waals surface area contributed by atoms with Crippen LogP contribution < -0.4 is 10.1 Å². The van der Waals surface area contributed by atoms with Gasteiger partial charge in [-0.1, -0.05) is 6.92 Å². The molecule has 1 aromatic carbocycles. The number of carbonyl (C=O) groups excluding carboxylic acids is 2. The smallest absolute Gasteiger partial charge is 0.257 e. The third-order valence-corrected chi connectivity index (χ3v) is 6.79. The summed E-state index contributed by atoms with van der Waals surface area (Å²) in [4.78, 5) is 38.0. The molecular weight excluding hydrogens is 446 g/mol. The van der Waals surface area contributed by atoms with Crippen LogP contribution in [0.5, 0.6) is 5.75 Å². The van der Waals surface area contributed by atoms with E-state index >= 15 is 0 Å². The van der Waals surface area contributed by atoms with Crippen molar-refractivity contribution in [3.05, 3.63) is 48.0 Å². The summed E-state index contributed by atoms with van der Waals surface area (Å²) in [6.07, 6.45) is 6.87. The van der Waals surface area contributed by atoms with Gasteiger partial charge in [0.1, 0.15) is 18.7 Å². The van der Waals surface area contributed by atoms with Gasteiger partial charge in [0.15, 0.2) is 0 Å². The number of ether oxygens (including phenoxy) is 2. The average molecular weight is 482 g/mol. The van der Waals surface area contributed by atoms with Crippen LogP contribution in [0.1, 0.15) is 42.6 Å². The van der Waals surface area contributed by atoms with Crippen LogP contribution in [-0.2, 0) is 16.1 Å². The highest BCUT2D eigenvalue weighted by Gasteiger charge is 2.31. The molecule has 2 heterocycles. The van der Waals surface area contributed by atoms with Crippen molar-refractivity contribution >= 4 is 17.5 Å². The van der Waals surface area contributed by atoms with Gasteiger partial charge in [0.25, 0.3) is 5.91 Å². The molecule has 1 saturated carbocycles. The summed E-state index contributed by atoms with van der Waals surface area (Å²) >= 11 is 0. The molecule has 0 saturated heterocycles. The van der Waals surface area contributed by atoms with Crippen LogP contribution in [0, 0.1) is 11.8 Å². The molecule has 1 aromatic heterocycles. The van der Waals surface area contributed by atoms with Crippen molar-refractivity contribution in [3.8, 4) is 5.75 Å². The Bertz CT molecular complexity index is 1030. The molecule has 0 unspecified atom stereocenters. The second kappa shape index (κ2) is 11.1. The van der Waals surface area contributed by atoms with Crippen LogP contribution >= 0.6 is 0 Å². The first-order valence-corrected chi connectivity index (χ1v) is 12.2. The molecule has 1 fully saturated rings. The van der Waals surface area contributed by atoms with Gasteiger partial charge in [0, 0.05) is 69.4 Å². The van der Waals surface area contributed by atoms with E-state index in [9.17, 15) is 9.59 Å². The number of anilines is 1. The Balaban J connectivity index is 1.61. The van der Waals surface area contributed by atoms with Crippen LogP contribution in [0.4, 0.5) is 5.69 Å². The molecule has 9 heteroatoms. The molecule has 0 spiro atoms. The Morgan fingerprint density at radius 2 is 1.94 bits per heavy atom. The fraction of sp³-hybridized carbons (Fsp3) is 0.538. The maximum atomic E-state index is 13.4. The summed E-state index contributed by atoms with van der Waals surface area (Å²) in [5, 5.41) is 2.94. The van der Waals surface area contributed by atoms with Crippen molar-refractivity contribution in [2.75, 3.05) is 39.2 Å². The van der Waals surface area contributed by atoms with Gasteiger partial charge in [0.05, 0.1) is 11.7 Å². The average Bonchev–Trinajstić information content (AvgIpc) is 3.71. The topological polar surface area (TPSA) is 96.9 Å². The second-order valence-electron chi connectivity index (χ2n) is 9.75. The normalized spacial score (nSPS) is 24.1. The minimum Gasteiger partial charge on any atom is -0.491 e. The predicted octanol–water partition coefficient (Wildman–Crippen LogP) is 2.83. The van der Waals surface area contributed by atoms with Gasteiger partial charge in [-0.15, -0.1) is 0 Å². The molecule has 0 radical (unpaired) electrons. The molecular formula is C26H35N5O4. The molecule has 2 aromatic rings. The van der Waals surface area contributed by atoms with Crippen LogP contribution in [0.3, 0.4) is 0 Å².